The number of aryl methyl sites for hydroxylation is 1. The van der Waals surface area contributed by atoms with E-state index in [-0.39, 0.29) is 11.9 Å². The molecule has 2 N–H and O–H groups in total. The van der Waals surface area contributed by atoms with Gasteiger partial charge in [-0.1, -0.05) is 26.0 Å². The fourth-order valence-electron chi connectivity index (χ4n) is 2.71. The van der Waals surface area contributed by atoms with Gasteiger partial charge in [0.15, 0.2) is 6.10 Å². The van der Waals surface area contributed by atoms with Gasteiger partial charge in [-0.3, -0.25) is 4.79 Å². The summed E-state index contributed by atoms with van der Waals surface area (Å²) in [6.45, 7) is 9.48. The van der Waals surface area contributed by atoms with E-state index in [1.165, 1.54) is 0 Å². The lowest BCUT2D eigenvalue weighted by atomic mass is 10.0. The molecule has 0 aliphatic carbocycles. The van der Waals surface area contributed by atoms with Crippen molar-refractivity contribution in [3.8, 4) is 5.75 Å². The number of nitrogens with two attached hydrogens (primary N) is 1. The molecule has 21 heavy (non-hydrogen) atoms. The van der Waals surface area contributed by atoms with E-state index in [9.17, 15) is 4.79 Å². The van der Waals surface area contributed by atoms with Crippen molar-refractivity contribution in [2.75, 3.05) is 13.1 Å². The third-order valence-corrected chi connectivity index (χ3v) is 3.98. The minimum absolute atomic E-state index is 0.0270. The lowest BCUT2D eigenvalue weighted by Crippen LogP contribution is -2.40. The van der Waals surface area contributed by atoms with E-state index in [0.29, 0.717) is 12.5 Å². The van der Waals surface area contributed by atoms with Crippen molar-refractivity contribution in [1.82, 2.24) is 4.90 Å². The van der Waals surface area contributed by atoms with Gasteiger partial charge in [0.05, 0.1) is 0 Å². The van der Waals surface area contributed by atoms with E-state index in [1.807, 2.05) is 19.9 Å². The summed E-state index contributed by atoms with van der Waals surface area (Å²) in [4.78, 5) is 14.2. The second-order valence-corrected chi connectivity index (χ2v) is 6.29. The summed E-state index contributed by atoms with van der Waals surface area (Å²) in [7, 11) is 0. The highest BCUT2D eigenvalue weighted by Gasteiger charge is 2.28. The van der Waals surface area contributed by atoms with Crippen molar-refractivity contribution >= 4 is 5.91 Å². The molecule has 116 valence electrons. The highest BCUT2D eigenvalue weighted by atomic mass is 16.5. The molecule has 0 unspecified atom stereocenters. The van der Waals surface area contributed by atoms with Crippen LogP contribution in [0.1, 0.15) is 44.2 Å². The van der Waals surface area contributed by atoms with Crippen molar-refractivity contribution in [2.45, 2.75) is 52.2 Å². The van der Waals surface area contributed by atoms with Gasteiger partial charge in [0.1, 0.15) is 5.75 Å². The van der Waals surface area contributed by atoms with Gasteiger partial charge in [0.2, 0.25) is 0 Å². The number of nitrogens with zero attached hydrogens (tertiary/aromatic N) is 1. The highest BCUT2D eigenvalue weighted by molar-refractivity contribution is 5.81. The predicted molar refractivity (Wildman–Crippen MR) is 84.5 cm³/mol. The van der Waals surface area contributed by atoms with Crippen LogP contribution in [-0.2, 0) is 4.79 Å². The van der Waals surface area contributed by atoms with E-state index < -0.39 is 6.10 Å². The summed E-state index contributed by atoms with van der Waals surface area (Å²) < 4.78 is 5.97. The van der Waals surface area contributed by atoms with Crippen LogP contribution < -0.4 is 10.5 Å². The molecule has 1 aromatic carbocycles. The van der Waals surface area contributed by atoms with Crippen LogP contribution in [0.4, 0.5) is 0 Å². The number of likely N-dealkylation sites (tertiary alicyclic amines) is 1. The first-order valence-electron chi connectivity index (χ1n) is 7.70. The topological polar surface area (TPSA) is 55.6 Å². The zero-order valence-electron chi connectivity index (χ0n) is 13.4. The van der Waals surface area contributed by atoms with Gasteiger partial charge in [-0.2, -0.15) is 0 Å². The maximum Gasteiger partial charge on any atom is 0.263 e. The number of rotatable bonds is 4. The van der Waals surface area contributed by atoms with E-state index in [1.54, 1.807) is 4.90 Å². The van der Waals surface area contributed by atoms with Gasteiger partial charge in [-0.05, 0) is 43.4 Å². The van der Waals surface area contributed by atoms with Crippen LogP contribution in [-0.4, -0.2) is 36.0 Å². The Hall–Kier alpha value is -1.55. The lowest BCUT2D eigenvalue weighted by Gasteiger charge is -2.23. The van der Waals surface area contributed by atoms with Crippen molar-refractivity contribution in [3.63, 3.8) is 0 Å². The van der Waals surface area contributed by atoms with Crippen LogP contribution in [0.15, 0.2) is 18.2 Å². The Bertz CT molecular complexity index is 514. The fourth-order valence-corrected chi connectivity index (χ4v) is 2.71. The van der Waals surface area contributed by atoms with Crippen molar-refractivity contribution in [1.29, 1.82) is 0 Å². The number of carbonyl (C=O) groups is 1. The van der Waals surface area contributed by atoms with Crippen LogP contribution in [0.3, 0.4) is 0 Å². The van der Waals surface area contributed by atoms with Crippen LogP contribution in [0.25, 0.3) is 0 Å². The predicted octanol–water partition coefficient (Wildman–Crippen LogP) is 2.45. The molecule has 2 atom stereocenters. The minimum atomic E-state index is -0.477. The van der Waals surface area contributed by atoms with E-state index in [4.69, 9.17) is 10.5 Å². The first-order valence-corrected chi connectivity index (χ1v) is 7.70. The Labute approximate surface area is 127 Å². The van der Waals surface area contributed by atoms with Gasteiger partial charge in [-0.15, -0.1) is 0 Å². The molecule has 1 amide bonds. The van der Waals surface area contributed by atoms with Crippen molar-refractivity contribution < 1.29 is 9.53 Å². The molecule has 1 aromatic rings. The largest absolute Gasteiger partial charge is 0.481 e. The molecule has 1 heterocycles. The molecule has 0 bridgehead atoms. The van der Waals surface area contributed by atoms with Gasteiger partial charge in [-0.25, -0.2) is 0 Å². The van der Waals surface area contributed by atoms with Gasteiger partial charge in [0.25, 0.3) is 5.91 Å². The third kappa shape index (κ3) is 3.76. The lowest BCUT2D eigenvalue weighted by molar-refractivity contribution is -0.136. The van der Waals surface area contributed by atoms with Crippen LogP contribution in [0, 0.1) is 6.92 Å². The Kier molecular flexibility index (Phi) is 4.88. The molecular weight excluding hydrogens is 264 g/mol. The molecule has 4 heteroatoms. The van der Waals surface area contributed by atoms with Gasteiger partial charge < -0.3 is 15.4 Å². The summed E-state index contributed by atoms with van der Waals surface area (Å²) in [5.74, 6) is 1.21. The maximum atomic E-state index is 12.4. The maximum absolute atomic E-state index is 12.4. The average molecular weight is 290 g/mol. The minimum Gasteiger partial charge on any atom is -0.481 e. The summed E-state index contributed by atoms with van der Waals surface area (Å²) in [5.41, 5.74) is 8.14. The SMILES string of the molecule is Cc1ccc(C(C)C)c(O[C@@H](C)C(=O)N2CC[C@@H](N)C2)c1. The zero-order chi connectivity index (χ0) is 15.6. The molecule has 1 fully saturated rings. The summed E-state index contributed by atoms with van der Waals surface area (Å²) in [6, 6.07) is 6.27. The summed E-state index contributed by atoms with van der Waals surface area (Å²) in [6.07, 6.45) is 0.398. The summed E-state index contributed by atoms with van der Waals surface area (Å²) >= 11 is 0. The number of carbonyl (C=O) groups excluding carboxylic acids is 1. The molecule has 0 aromatic heterocycles. The van der Waals surface area contributed by atoms with E-state index in [2.05, 4.69) is 26.0 Å². The van der Waals surface area contributed by atoms with Crippen LogP contribution in [0.5, 0.6) is 5.75 Å². The highest BCUT2D eigenvalue weighted by Crippen LogP contribution is 2.28. The molecule has 0 radical (unpaired) electrons. The Balaban J connectivity index is 2.10. The van der Waals surface area contributed by atoms with Crippen LogP contribution >= 0.6 is 0 Å². The summed E-state index contributed by atoms with van der Waals surface area (Å²) in [5, 5.41) is 0. The van der Waals surface area contributed by atoms with Gasteiger partial charge >= 0.3 is 0 Å². The fraction of sp³-hybridized carbons (Fsp3) is 0.588. The number of ether oxygens (including phenoxy) is 1. The average Bonchev–Trinajstić information content (AvgIpc) is 2.84. The molecule has 0 spiro atoms. The number of benzene rings is 1. The quantitative estimate of drug-likeness (QED) is 0.926. The Morgan fingerprint density at radius 2 is 2.10 bits per heavy atom. The zero-order valence-corrected chi connectivity index (χ0v) is 13.4. The third-order valence-electron chi connectivity index (χ3n) is 3.98. The molecule has 0 saturated carbocycles. The van der Waals surface area contributed by atoms with Crippen molar-refractivity contribution in [2.24, 2.45) is 5.73 Å². The smallest absolute Gasteiger partial charge is 0.263 e. The molecule has 1 aliphatic heterocycles. The monoisotopic (exact) mass is 290 g/mol. The number of hydrogen-bond acceptors (Lipinski definition) is 3. The normalized spacial score (nSPS) is 19.9. The molecule has 2 rings (SSSR count). The van der Waals surface area contributed by atoms with Crippen molar-refractivity contribution in [3.05, 3.63) is 29.3 Å². The number of hydrogen-bond donors (Lipinski definition) is 1. The first-order chi connectivity index (χ1) is 9.88. The Morgan fingerprint density at radius 3 is 2.67 bits per heavy atom. The van der Waals surface area contributed by atoms with E-state index >= 15 is 0 Å². The Morgan fingerprint density at radius 1 is 1.38 bits per heavy atom. The molecule has 1 aliphatic rings. The number of amides is 1. The molecular formula is C17H26N2O2. The van der Waals surface area contributed by atoms with Crippen LogP contribution in [0.2, 0.25) is 0 Å². The van der Waals surface area contributed by atoms with Gasteiger partial charge in [0, 0.05) is 19.1 Å². The molecule has 4 nitrogen and oxygen atoms in total. The van der Waals surface area contributed by atoms with E-state index in [0.717, 1.165) is 29.8 Å². The second kappa shape index (κ2) is 6.48. The first kappa shape index (κ1) is 15.8. The molecule has 1 saturated heterocycles. The second-order valence-electron chi connectivity index (χ2n) is 6.29. The standard InChI is InChI=1S/C17H26N2O2/c1-11(2)15-6-5-12(3)9-16(15)21-13(4)17(20)19-8-7-14(18)10-19/h5-6,9,11,13-14H,7-8,10,18H2,1-4H3/t13-,14+/m0/s1.